The Labute approximate surface area is 175 Å². The summed E-state index contributed by atoms with van der Waals surface area (Å²) in [4.78, 5) is 19.0. The van der Waals surface area contributed by atoms with Crippen molar-refractivity contribution < 1.29 is 17.6 Å². The number of rotatable bonds is 5. The normalized spacial score (nSPS) is 16.7. The number of sulfonamides is 1. The van der Waals surface area contributed by atoms with E-state index in [1.54, 1.807) is 24.3 Å². The Morgan fingerprint density at radius 2 is 1.70 bits per heavy atom. The maximum Gasteiger partial charge on any atom is 0.238 e. The molecule has 4 rings (SSSR count). The molecule has 160 valence electrons. The number of carbonyl (C=O) groups is 1. The second-order valence-corrected chi connectivity index (χ2v) is 9.23. The van der Waals surface area contributed by atoms with E-state index in [-0.39, 0.29) is 16.6 Å². The van der Waals surface area contributed by atoms with Gasteiger partial charge in [-0.15, -0.1) is 0 Å². The third-order valence-electron chi connectivity index (χ3n) is 5.79. The standard InChI is InChI=1S/C21H25FN4O3S/c22-17-1-3-18(4-2-17)24-11-13-26(14-12-24)21(27)8-10-25-9-7-16-15-19(30(23,28)29)5-6-20(16)25/h1-6,15H,7-14H2,(H2,23,28,29). The molecule has 2 aliphatic heterocycles. The van der Waals surface area contributed by atoms with E-state index in [9.17, 15) is 17.6 Å². The van der Waals surface area contributed by atoms with Crippen molar-refractivity contribution in [2.45, 2.75) is 17.7 Å². The molecule has 2 N–H and O–H groups in total. The Balaban J connectivity index is 1.30. The Bertz CT molecular complexity index is 1030. The summed E-state index contributed by atoms with van der Waals surface area (Å²) in [7, 11) is -3.71. The number of halogens is 1. The number of primary sulfonamides is 1. The summed E-state index contributed by atoms with van der Waals surface area (Å²) in [6, 6.07) is 11.3. The fourth-order valence-corrected chi connectivity index (χ4v) is 4.67. The van der Waals surface area contributed by atoms with Gasteiger partial charge in [0.1, 0.15) is 5.82 Å². The summed E-state index contributed by atoms with van der Waals surface area (Å²) in [6.07, 6.45) is 1.15. The van der Waals surface area contributed by atoms with Crippen LogP contribution < -0.4 is 14.9 Å². The van der Waals surface area contributed by atoms with Gasteiger partial charge in [0.25, 0.3) is 0 Å². The lowest BCUT2D eigenvalue weighted by molar-refractivity contribution is -0.131. The molecule has 2 aromatic carbocycles. The monoisotopic (exact) mass is 432 g/mol. The van der Waals surface area contributed by atoms with Crippen molar-refractivity contribution in [3.8, 4) is 0 Å². The number of hydrogen-bond acceptors (Lipinski definition) is 5. The molecule has 0 bridgehead atoms. The largest absolute Gasteiger partial charge is 0.370 e. The van der Waals surface area contributed by atoms with E-state index in [1.165, 1.54) is 18.2 Å². The molecule has 0 atom stereocenters. The predicted octanol–water partition coefficient (Wildman–Crippen LogP) is 1.57. The van der Waals surface area contributed by atoms with E-state index >= 15 is 0 Å². The van der Waals surface area contributed by atoms with E-state index in [0.717, 1.165) is 43.0 Å². The number of carbonyl (C=O) groups excluding carboxylic acids is 1. The molecule has 1 amide bonds. The highest BCUT2D eigenvalue weighted by molar-refractivity contribution is 7.89. The molecule has 0 spiro atoms. The van der Waals surface area contributed by atoms with Crippen molar-refractivity contribution in [2.24, 2.45) is 5.14 Å². The molecule has 0 aliphatic carbocycles. The highest BCUT2D eigenvalue weighted by Crippen LogP contribution is 2.30. The Morgan fingerprint density at radius 1 is 1.00 bits per heavy atom. The minimum atomic E-state index is -3.71. The van der Waals surface area contributed by atoms with Crippen LogP contribution in [0.5, 0.6) is 0 Å². The molecule has 0 radical (unpaired) electrons. The Morgan fingerprint density at radius 3 is 2.37 bits per heavy atom. The van der Waals surface area contributed by atoms with Crippen LogP contribution in [0.25, 0.3) is 0 Å². The van der Waals surface area contributed by atoms with E-state index in [1.807, 2.05) is 4.90 Å². The molecule has 2 aliphatic rings. The van der Waals surface area contributed by atoms with Crippen molar-refractivity contribution >= 4 is 27.3 Å². The van der Waals surface area contributed by atoms with Crippen LogP contribution in [0, 0.1) is 5.82 Å². The minimum Gasteiger partial charge on any atom is -0.370 e. The highest BCUT2D eigenvalue weighted by atomic mass is 32.2. The van der Waals surface area contributed by atoms with Crippen LogP contribution in [0.4, 0.5) is 15.8 Å². The summed E-state index contributed by atoms with van der Waals surface area (Å²) in [6.45, 7) is 4.09. The van der Waals surface area contributed by atoms with Gasteiger partial charge in [-0.25, -0.2) is 17.9 Å². The molecular formula is C21H25FN4O3S. The first-order valence-electron chi connectivity index (χ1n) is 10.0. The average Bonchev–Trinajstić information content (AvgIpc) is 3.14. The molecule has 0 aromatic heterocycles. The van der Waals surface area contributed by atoms with Crippen LogP contribution in [-0.2, 0) is 21.2 Å². The summed E-state index contributed by atoms with van der Waals surface area (Å²) < 4.78 is 36.1. The Hall–Kier alpha value is -2.65. The van der Waals surface area contributed by atoms with Gasteiger partial charge in [-0.05, 0) is 54.4 Å². The van der Waals surface area contributed by atoms with E-state index < -0.39 is 10.0 Å². The first-order valence-corrected chi connectivity index (χ1v) is 11.5. The topological polar surface area (TPSA) is 86.9 Å². The second kappa shape index (κ2) is 8.23. The number of nitrogens with zero attached hydrogens (tertiary/aromatic N) is 3. The summed E-state index contributed by atoms with van der Waals surface area (Å²) in [5, 5.41) is 5.21. The maximum atomic E-state index is 13.1. The van der Waals surface area contributed by atoms with Gasteiger partial charge in [0.15, 0.2) is 0 Å². The van der Waals surface area contributed by atoms with Gasteiger partial charge in [0, 0.05) is 57.1 Å². The van der Waals surface area contributed by atoms with Crippen molar-refractivity contribution in [1.29, 1.82) is 0 Å². The predicted molar refractivity (Wildman–Crippen MR) is 114 cm³/mol. The molecule has 30 heavy (non-hydrogen) atoms. The second-order valence-electron chi connectivity index (χ2n) is 7.67. The smallest absolute Gasteiger partial charge is 0.238 e. The number of hydrogen-bond donors (Lipinski definition) is 1. The Kier molecular flexibility index (Phi) is 5.66. The number of fused-ring (bicyclic) bond motifs is 1. The van der Waals surface area contributed by atoms with E-state index in [4.69, 9.17) is 5.14 Å². The van der Waals surface area contributed by atoms with Crippen molar-refractivity contribution in [1.82, 2.24) is 4.90 Å². The van der Waals surface area contributed by atoms with Crippen molar-refractivity contribution in [2.75, 3.05) is 49.1 Å². The summed E-state index contributed by atoms with van der Waals surface area (Å²) in [5.74, 6) is -0.139. The first-order chi connectivity index (χ1) is 14.3. The zero-order chi connectivity index (χ0) is 21.3. The third kappa shape index (κ3) is 4.41. The highest BCUT2D eigenvalue weighted by Gasteiger charge is 2.25. The zero-order valence-electron chi connectivity index (χ0n) is 16.6. The van der Waals surface area contributed by atoms with Crippen LogP contribution in [0.3, 0.4) is 0 Å². The quantitative estimate of drug-likeness (QED) is 0.775. The van der Waals surface area contributed by atoms with Gasteiger partial charge in [0.05, 0.1) is 4.90 Å². The van der Waals surface area contributed by atoms with Gasteiger partial charge < -0.3 is 14.7 Å². The number of anilines is 2. The fourth-order valence-electron chi connectivity index (χ4n) is 4.11. The molecule has 1 saturated heterocycles. The lowest BCUT2D eigenvalue weighted by Gasteiger charge is -2.36. The molecule has 7 nitrogen and oxygen atoms in total. The maximum absolute atomic E-state index is 13.1. The van der Waals surface area contributed by atoms with Gasteiger partial charge in [-0.2, -0.15) is 0 Å². The van der Waals surface area contributed by atoms with Crippen molar-refractivity contribution in [3.63, 3.8) is 0 Å². The SMILES string of the molecule is NS(=O)(=O)c1ccc2c(c1)CCN2CCC(=O)N1CCN(c2ccc(F)cc2)CC1. The third-order valence-corrected chi connectivity index (χ3v) is 6.70. The number of nitrogens with two attached hydrogens (primary N) is 1. The number of benzene rings is 2. The lowest BCUT2D eigenvalue weighted by Crippen LogP contribution is -2.49. The van der Waals surface area contributed by atoms with Crippen molar-refractivity contribution in [3.05, 3.63) is 53.8 Å². The number of piperazine rings is 1. The van der Waals surface area contributed by atoms with Crippen LogP contribution in [0.15, 0.2) is 47.4 Å². The molecule has 0 saturated carbocycles. The number of amides is 1. The zero-order valence-corrected chi connectivity index (χ0v) is 17.4. The van der Waals surface area contributed by atoms with Gasteiger partial charge in [-0.1, -0.05) is 0 Å². The molecule has 9 heteroatoms. The minimum absolute atomic E-state index is 0.114. The molecule has 0 unspecified atom stereocenters. The van der Waals surface area contributed by atoms with E-state index in [0.29, 0.717) is 26.1 Å². The van der Waals surface area contributed by atoms with E-state index in [2.05, 4.69) is 9.80 Å². The van der Waals surface area contributed by atoms with Crippen LogP contribution in [0.1, 0.15) is 12.0 Å². The summed E-state index contributed by atoms with van der Waals surface area (Å²) >= 11 is 0. The lowest BCUT2D eigenvalue weighted by atomic mass is 10.2. The first kappa shape index (κ1) is 20.6. The van der Waals surface area contributed by atoms with Crippen LogP contribution in [-0.4, -0.2) is 58.5 Å². The van der Waals surface area contributed by atoms with Crippen LogP contribution in [0.2, 0.25) is 0 Å². The molecular weight excluding hydrogens is 407 g/mol. The van der Waals surface area contributed by atoms with Crippen LogP contribution >= 0.6 is 0 Å². The van der Waals surface area contributed by atoms with Gasteiger partial charge >= 0.3 is 0 Å². The molecule has 2 heterocycles. The molecule has 1 fully saturated rings. The van der Waals surface area contributed by atoms with Gasteiger partial charge in [0.2, 0.25) is 15.9 Å². The summed E-state index contributed by atoms with van der Waals surface area (Å²) in [5.41, 5.74) is 2.88. The molecule has 2 aromatic rings. The fraction of sp³-hybridized carbons (Fsp3) is 0.381. The average molecular weight is 433 g/mol. The van der Waals surface area contributed by atoms with Gasteiger partial charge in [-0.3, -0.25) is 4.79 Å².